The van der Waals surface area contributed by atoms with E-state index in [9.17, 15) is 4.79 Å². The molecule has 3 heteroatoms. The SMILES string of the molecule is CCC(C)NC(=O)C(C)Nc1ccccc1C. The molecule has 0 radical (unpaired) electrons. The summed E-state index contributed by atoms with van der Waals surface area (Å²) in [4.78, 5) is 11.9. The van der Waals surface area contributed by atoms with Gasteiger partial charge in [0, 0.05) is 11.7 Å². The molecule has 0 spiro atoms. The molecule has 2 unspecified atom stereocenters. The van der Waals surface area contributed by atoms with E-state index in [0.29, 0.717) is 0 Å². The van der Waals surface area contributed by atoms with Crippen molar-refractivity contribution in [3.8, 4) is 0 Å². The second-order valence-electron chi connectivity index (χ2n) is 4.50. The van der Waals surface area contributed by atoms with Crippen LogP contribution in [0, 0.1) is 6.92 Å². The number of benzene rings is 1. The van der Waals surface area contributed by atoms with Crippen LogP contribution in [0.2, 0.25) is 0 Å². The van der Waals surface area contributed by atoms with Crippen molar-refractivity contribution in [3.05, 3.63) is 29.8 Å². The molecule has 0 fully saturated rings. The third-order valence-electron chi connectivity index (χ3n) is 2.91. The number of carbonyl (C=O) groups is 1. The largest absolute Gasteiger partial charge is 0.374 e. The lowest BCUT2D eigenvalue weighted by Gasteiger charge is -2.19. The van der Waals surface area contributed by atoms with Gasteiger partial charge in [0.05, 0.1) is 0 Å². The van der Waals surface area contributed by atoms with Crippen molar-refractivity contribution < 1.29 is 4.79 Å². The van der Waals surface area contributed by atoms with Gasteiger partial charge in [-0.2, -0.15) is 0 Å². The molecule has 0 aliphatic heterocycles. The number of hydrogen-bond acceptors (Lipinski definition) is 2. The minimum Gasteiger partial charge on any atom is -0.374 e. The molecular formula is C14H22N2O. The van der Waals surface area contributed by atoms with E-state index >= 15 is 0 Å². The molecule has 1 rings (SSSR count). The van der Waals surface area contributed by atoms with Gasteiger partial charge in [0.2, 0.25) is 5.91 Å². The molecule has 2 atom stereocenters. The quantitative estimate of drug-likeness (QED) is 0.822. The highest BCUT2D eigenvalue weighted by atomic mass is 16.2. The Morgan fingerprint density at radius 3 is 2.53 bits per heavy atom. The summed E-state index contributed by atoms with van der Waals surface area (Å²) in [6.45, 7) is 7.98. The van der Waals surface area contributed by atoms with E-state index in [1.165, 1.54) is 0 Å². The van der Waals surface area contributed by atoms with Gasteiger partial charge in [0.25, 0.3) is 0 Å². The molecule has 0 saturated heterocycles. The molecule has 17 heavy (non-hydrogen) atoms. The van der Waals surface area contributed by atoms with Crippen LogP contribution in [-0.4, -0.2) is 18.0 Å². The fourth-order valence-electron chi connectivity index (χ4n) is 1.50. The molecule has 0 saturated carbocycles. The summed E-state index contributed by atoms with van der Waals surface area (Å²) < 4.78 is 0. The number of carbonyl (C=O) groups excluding carboxylic acids is 1. The normalized spacial score (nSPS) is 13.9. The monoisotopic (exact) mass is 234 g/mol. The molecule has 3 nitrogen and oxygen atoms in total. The molecule has 0 bridgehead atoms. The number of rotatable bonds is 5. The minimum absolute atomic E-state index is 0.0441. The van der Waals surface area contributed by atoms with Gasteiger partial charge in [0.15, 0.2) is 0 Å². The van der Waals surface area contributed by atoms with Gasteiger partial charge in [0.1, 0.15) is 6.04 Å². The molecule has 0 heterocycles. The van der Waals surface area contributed by atoms with Crippen molar-refractivity contribution >= 4 is 11.6 Å². The first kappa shape index (κ1) is 13.6. The highest BCUT2D eigenvalue weighted by molar-refractivity contribution is 5.84. The van der Waals surface area contributed by atoms with E-state index in [-0.39, 0.29) is 18.0 Å². The van der Waals surface area contributed by atoms with Gasteiger partial charge in [-0.25, -0.2) is 0 Å². The molecule has 94 valence electrons. The van der Waals surface area contributed by atoms with E-state index in [1.54, 1.807) is 0 Å². The van der Waals surface area contributed by atoms with E-state index in [2.05, 4.69) is 17.6 Å². The first-order chi connectivity index (χ1) is 8.04. The number of anilines is 1. The van der Waals surface area contributed by atoms with Crippen molar-refractivity contribution in [2.75, 3.05) is 5.32 Å². The zero-order chi connectivity index (χ0) is 12.8. The Bertz CT molecular complexity index is 376. The van der Waals surface area contributed by atoms with E-state index in [0.717, 1.165) is 17.7 Å². The summed E-state index contributed by atoms with van der Waals surface area (Å²) >= 11 is 0. The lowest BCUT2D eigenvalue weighted by Crippen LogP contribution is -2.41. The predicted octanol–water partition coefficient (Wildman–Crippen LogP) is 2.71. The van der Waals surface area contributed by atoms with E-state index < -0.39 is 0 Å². The Morgan fingerprint density at radius 1 is 1.29 bits per heavy atom. The minimum atomic E-state index is -0.218. The van der Waals surface area contributed by atoms with E-state index in [4.69, 9.17) is 0 Å². The maximum atomic E-state index is 11.9. The van der Waals surface area contributed by atoms with Crippen LogP contribution < -0.4 is 10.6 Å². The van der Waals surface area contributed by atoms with Crippen molar-refractivity contribution in [2.24, 2.45) is 0 Å². The Kier molecular flexibility index (Phi) is 5.01. The van der Waals surface area contributed by atoms with Crippen molar-refractivity contribution in [3.63, 3.8) is 0 Å². The van der Waals surface area contributed by atoms with Gasteiger partial charge in [-0.3, -0.25) is 4.79 Å². The maximum Gasteiger partial charge on any atom is 0.242 e. The first-order valence-corrected chi connectivity index (χ1v) is 6.17. The molecule has 0 aromatic heterocycles. The molecular weight excluding hydrogens is 212 g/mol. The van der Waals surface area contributed by atoms with Gasteiger partial charge >= 0.3 is 0 Å². The van der Waals surface area contributed by atoms with Gasteiger partial charge in [-0.1, -0.05) is 25.1 Å². The smallest absolute Gasteiger partial charge is 0.242 e. The molecule has 0 aliphatic rings. The summed E-state index contributed by atoms with van der Waals surface area (Å²) in [6.07, 6.45) is 0.947. The third kappa shape index (κ3) is 4.10. The van der Waals surface area contributed by atoms with Crippen molar-refractivity contribution in [1.29, 1.82) is 0 Å². The third-order valence-corrected chi connectivity index (χ3v) is 2.91. The van der Waals surface area contributed by atoms with Gasteiger partial charge in [-0.15, -0.1) is 0 Å². The van der Waals surface area contributed by atoms with Gasteiger partial charge < -0.3 is 10.6 Å². The number of nitrogens with one attached hydrogen (secondary N) is 2. The molecule has 1 amide bonds. The maximum absolute atomic E-state index is 11.9. The summed E-state index contributed by atoms with van der Waals surface area (Å²) in [5, 5.41) is 6.19. The van der Waals surface area contributed by atoms with Crippen LogP contribution in [-0.2, 0) is 4.79 Å². The number of para-hydroxylation sites is 1. The zero-order valence-electron chi connectivity index (χ0n) is 11.1. The molecule has 1 aromatic rings. The second-order valence-corrected chi connectivity index (χ2v) is 4.50. The summed E-state index contributed by atoms with van der Waals surface area (Å²) in [5.41, 5.74) is 2.16. The first-order valence-electron chi connectivity index (χ1n) is 6.17. The fourth-order valence-corrected chi connectivity index (χ4v) is 1.50. The Hall–Kier alpha value is -1.51. The predicted molar refractivity (Wildman–Crippen MR) is 72.2 cm³/mol. The lowest BCUT2D eigenvalue weighted by molar-refractivity contribution is -0.122. The topological polar surface area (TPSA) is 41.1 Å². The highest BCUT2D eigenvalue weighted by Crippen LogP contribution is 2.14. The number of hydrogen-bond donors (Lipinski definition) is 2. The van der Waals surface area contributed by atoms with Crippen LogP contribution in [0.15, 0.2) is 24.3 Å². The Balaban J connectivity index is 2.57. The molecule has 2 N–H and O–H groups in total. The van der Waals surface area contributed by atoms with Crippen molar-refractivity contribution in [1.82, 2.24) is 5.32 Å². The standard InChI is InChI=1S/C14H22N2O/c1-5-11(3)15-14(17)12(4)16-13-9-7-6-8-10(13)2/h6-9,11-12,16H,5H2,1-4H3,(H,15,17). The van der Waals surface area contributed by atoms with Crippen LogP contribution in [0.5, 0.6) is 0 Å². The van der Waals surface area contributed by atoms with Gasteiger partial charge in [-0.05, 0) is 38.8 Å². The molecule has 1 aromatic carbocycles. The number of amides is 1. The van der Waals surface area contributed by atoms with Crippen LogP contribution in [0.25, 0.3) is 0 Å². The summed E-state index contributed by atoms with van der Waals surface area (Å²) in [6, 6.07) is 7.98. The van der Waals surface area contributed by atoms with Crippen LogP contribution >= 0.6 is 0 Å². The van der Waals surface area contributed by atoms with Crippen LogP contribution in [0.3, 0.4) is 0 Å². The van der Waals surface area contributed by atoms with Crippen LogP contribution in [0.1, 0.15) is 32.8 Å². The Labute approximate surface area is 104 Å². The van der Waals surface area contributed by atoms with Crippen LogP contribution in [0.4, 0.5) is 5.69 Å². The summed E-state index contributed by atoms with van der Waals surface area (Å²) in [7, 11) is 0. The average Bonchev–Trinajstić information content (AvgIpc) is 2.31. The zero-order valence-corrected chi connectivity index (χ0v) is 11.1. The second kappa shape index (κ2) is 6.28. The number of aryl methyl sites for hydroxylation is 1. The highest BCUT2D eigenvalue weighted by Gasteiger charge is 2.14. The fraction of sp³-hybridized carbons (Fsp3) is 0.500. The molecule has 0 aliphatic carbocycles. The lowest BCUT2D eigenvalue weighted by atomic mass is 10.1. The van der Waals surface area contributed by atoms with E-state index in [1.807, 2.05) is 45.0 Å². The van der Waals surface area contributed by atoms with Crippen molar-refractivity contribution in [2.45, 2.75) is 46.2 Å². The Morgan fingerprint density at radius 2 is 1.94 bits per heavy atom. The average molecular weight is 234 g/mol. The summed E-state index contributed by atoms with van der Waals surface area (Å²) in [5.74, 6) is 0.0441.